The molecule has 0 radical (unpaired) electrons. The fraction of sp³-hybridized carbons (Fsp3) is 0.435. The number of rotatable bonds is 3. The van der Waals surface area contributed by atoms with Crippen LogP contribution in [0.5, 0.6) is 0 Å². The Hall–Kier alpha value is -3.29. The molecule has 0 spiro atoms. The summed E-state index contributed by atoms with van der Waals surface area (Å²) in [5.41, 5.74) is 2.19. The molecule has 31 heavy (non-hydrogen) atoms. The third kappa shape index (κ3) is 3.66. The van der Waals surface area contributed by atoms with E-state index in [1.165, 1.54) is 12.5 Å². The summed E-state index contributed by atoms with van der Waals surface area (Å²) in [5, 5.41) is 0. The van der Waals surface area contributed by atoms with E-state index in [0.717, 1.165) is 36.7 Å². The number of carbonyl (C=O) groups excluding carboxylic acids is 2. The fourth-order valence-electron chi connectivity index (χ4n) is 4.97. The molecule has 0 bridgehead atoms. The van der Waals surface area contributed by atoms with Crippen LogP contribution in [0.4, 0.5) is 0 Å². The maximum Gasteiger partial charge on any atom is 0.326 e. The van der Waals surface area contributed by atoms with Gasteiger partial charge in [-0.1, -0.05) is 12.1 Å². The Morgan fingerprint density at radius 1 is 1.00 bits per heavy atom. The van der Waals surface area contributed by atoms with Gasteiger partial charge in [-0.2, -0.15) is 0 Å². The highest BCUT2D eigenvalue weighted by atomic mass is 16.3. The van der Waals surface area contributed by atoms with Crippen molar-refractivity contribution in [1.29, 1.82) is 0 Å². The molecule has 1 unspecified atom stereocenters. The van der Waals surface area contributed by atoms with Crippen molar-refractivity contribution in [1.82, 2.24) is 19.4 Å². The van der Waals surface area contributed by atoms with Gasteiger partial charge >= 0.3 is 5.69 Å². The molecule has 3 aromatic rings. The van der Waals surface area contributed by atoms with Crippen LogP contribution in [0.15, 0.2) is 52.1 Å². The van der Waals surface area contributed by atoms with Crippen molar-refractivity contribution < 1.29 is 14.0 Å². The quantitative estimate of drug-likeness (QED) is 0.702. The van der Waals surface area contributed by atoms with Crippen molar-refractivity contribution in [3.05, 3.63) is 58.9 Å². The van der Waals surface area contributed by atoms with Crippen LogP contribution in [0.1, 0.15) is 42.1 Å². The number of nitrogens with zero attached hydrogens (tertiary/aromatic N) is 3. The van der Waals surface area contributed by atoms with Gasteiger partial charge in [0.15, 0.2) is 0 Å². The number of nitrogens with one attached hydrogen (secondary N) is 1. The van der Waals surface area contributed by atoms with Crippen molar-refractivity contribution in [2.24, 2.45) is 5.92 Å². The zero-order valence-electron chi connectivity index (χ0n) is 17.3. The van der Waals surface area contributed by atoms with Gasteiger partial charge in [-0.25, -0.2) is 4.79 Å². The van der Waals surface area contributed by atoms with Crippen LogP contribution < -0.4 is 5.69 Å². The van der Waals surface area contributed by atoms with Crippen LogP contribution in [0, 0.1) is 5.92 Å². The monoisotopic (exact) mass is 422 g/mol. The topological polar surface area (TPSA) is 91.6 Å². The summed E-state index contributed by atoms with van der Waals surface area (Å²) in [6.07, 6.45) is 6.06. The van der Waals surface area contributed by atoms with Crippen molar-refractivity contribution in [3.63, 3.8) is 0 Å². The van der Waals surface area contributed by atoms with Crippen LogP contribution >= 0.6 is 0 Å². The molecular weight excluding hydrogens is 396 g/mol. The van der Waals surface area contributed by atoms with Gasteiger partial charge in [0, 0.05) is 32.2 Å². The van der Waals surface area contributed by atoms with Gasteiger partial charge in [0.2, 0.25) is 5.91 Å². The Labute approximate surface area is 179 Å². The highest BCUT2D eigenvalue weighted by Gasteiger charge is 2.34. The first kappa shape index (κ1) is 19.7. The number of fused-ring (bicyclic) bond motifs is 1. The fourth-order valence-corrected chi connectivity index (χ4v) is 4.97. The van der Waals surface area contributed by atoms with Crippen molar-refractivity contribution >= 4 is 22.8 Å². The van der Waals surface area contributed by atoms with E-state index in [1.54, 1.807) is 11.0 Å². The zero-order chi connectivity index (χ0) is 21.4. The Morgan fingerprint density at radius 2 is 1.81 bits per heavy atom. The molecule has 162 valence electrons. The molecule has 2 saturated heterocycles. The van der Waals surface area contributed by atoms with Gasteiger partial charge < -0.3 is 19.2 Å². The average Bonchev–Trinajstić information content (AvgIpc) is 3.46. The van der Waals surface area contributed by atoms with Gasteiger partial charge in [-0.3, -0.25) is 14.2 Å². The summed E-state index contributed by atoms with van der Waals surface area (Å²) in [6, 6.07) is 9.45. The first-order valence-electron chi connectivity index (χ1n) is 10.9. The van der Waals surface area contributed by atoms with Gasteiger partial charge in [-0.05, 0) is 43.9 Å². The van der Waals surface area contributed by atoms with Crippen molar-refractivity contribution in [2.75, 3.05) is 26.2 Å². The molecule has 0 aliphatic carbocycles. The average molecular weight is 422 g/mol. The number of likely N-dealkylation sites (tertiary alicyclic amines) is 2. The van der Waals surface area contributed by atoms with Crippen molar-refractivity contribution in [2.45, 2.75) is 31.7 Å². The SMILES string of the molecule is O=C(c1ccoc1)N1CCCC(C(=O)N2CCC(n3c(=O)[nH]c4ccccc43)CC2)C1. The van der Waals surface area contributed by atoms with E-state index in [9.17, 15) is 14.4 Å². The molecule has 1 atom stereocenters. The van der Waals surface area contributed by atoms with Crippen LogP contribution in [0.25, 0.3) is 11.0 Å². The Kier molecular flexibility index (Phi) is 5.13. The Balaban J connectivity index is 1.23. The minimum Gasteiger partial charge on any atom is -0.472 e. The molecule has 4 heterocycles. The Bertz CT molecular complexity index is 1140. The number of furan rings is 1. The van der Waals surface area contributed by atoms with Crippen LogP contribution in [-0.2, 0) is 4.79 Å². The summed E-state index contributed by atoms with van der Waals surface area (Å²) in [4.78, 5) is 44.9. The number of piperidine rings is 2. The second-order valence-electron chi connectivity index (χ2n) is 8.48. The second kappa shape index (κ2) is 8.09. The highest BCUT2D eigenvalue weighted by Crippen LogP contribution is 2.27. The molecule has 0 saturated carbocycles. The number of benzene rings is 1. The molecule has 2 fully saturated rings. The number of para-hydroxylation sites is 2. The van der Waals surface area contributed by atoms with Crippen molar-refractivity contribution in [3.8, 4) is 0 Å². The van der Waals surface area contributed by atoms with Gasteiger partial charge in [0.1, 0.15) is 6.26 Å². The van der Waals surface area contributed by atoms with Crippen LogP contribution in [0.3, 0.4) is 0 Å². The van der Waals surface area contributed by atoms with E-state index < -0.39 is 0 Å². The van der Waals surface area contributed by atoms with Gasteiger partial charge in [-0.15, -0.1) is 0 Å². The number of aromatic nitrogens is 2. The van der Waals surface area contributed by atoms with E-state index in [1.807, 2.05) is 33.7 Å². The summed E-state index contributed by atoms with van der Waals surface area (Å²) >= 11 is 0. The molecule has 1 aromatic carbocycles. The maximum atomic E-state index is 13.2. The predicted molar refractivity (Wildman–Crippen MR) is 115 cm³/mol. The lowest BCUT2D eigenvalue weighted by molar-refractivity contribution is -0.138. The van der Waals surface area contributed by atoms with E-state index >= 15 is 0 Å². The normalized spacial score (nSPS) is 20.3. The number of carbonyl (C=O) groups is 2. The zero-order valence-corrected chi connectivity index (χ0v) is 17.3. The summed E-state index contributed by atoms with van der Waals surface area (Å²) in [7, 11) is 0. The largest absolute Gasteiger partial charge is 0.472 e. The number of hydrogen-bond donors (Lipinski definition) is 1. The molecular formula is C23H26N4O4. The number of H-pyrrole nitrogens is 1. The minimum absolute atomic E-state index is 0.0799. The van der Waals surface area contributed by atoms with E-state index in [0.29, 0.717) is 31.7 Å². The lowest BCUT2D eigenvalue weighted by atomic mass is 9.94. The van der Waals surface area contributed by atoms with Crippen LogP contribution in [-0.4, -0.2) is 57.3 Å². The molecule has 8 heteroatoms. The number of aromatic amines is 1. The summed E-state index contributed by atoms with van der Waals surface area (Å²) < 4.78 is 6.86. The lowest BCUT2D eigenvalue weighted by Gasteiger charge is -2.38. The maximum absolute atomic E-state index is 13.2. The molecule has 1 N–H and O–H groups in total. The van der Waals surface area contributed by atoms with E-state index in [-0.39, 0.29) is 29.5 Å². The first-order valence-corrected chi connectivity index (χ1v) is 10.9. The highest BCUT2D eigenvalue weighted by molar-refractivity contribution is 5.94. The number of amides is 2. The van der Waals surface area contributed by atoms with Gasteiger partial charge in [0.05, 0.1) is 28.8 Å². The first-order chi connectivity index (χ1) is 15.1. The minimum atomic E-state index is -0.169. The summed E-state index contributed by atoms with van der Waals surface area (Å²) in [5.74, 6) is -0.130. The number of hydrogen-bond acceptors (Lipinski definition) is 4. The smallest absolute Gasteiger partial charge is 0.326 e. The summed E-state index contributed by atoms with van der Waals surface area (Å²) in [6.45, 7) is 2.37. The standard InChI is InChI=1S/C23H26N4O4/c28-21(16-4-3-10-26(14-16)22(29)17-9-13-31-15-17)25-11-7-18(8-12-25)27-20-6-2-1-5-19(20)24-23(27)30/h1-2,5-6,9,13,15-16,18H,3-4,7-8,10-12,14H2,(H,24,30). The molecule has 2 amide bonds. The molecule has 2 aliphatic heterocycles. The van der Waals surface area contributed by atoms with E-state index in [2.05, 4.69) is 4.98 Å². The van der Waals surface area contributed by atoms with Gasteiger partial charge in [0.25, 0.3) is 5.91 Å². The predicted octanol–water partition coefficient (Wildman–Crippen LogP) is 2.64. The molecule has 8 nitrogen and oxygen atoms in total. The second-order valence-corrected chi connectivity index (χ2v) is 8.48. The molecule has 2 aliphatic rings. The van der Waals surface area contributed by atoms with Crippen LogP contribution in [0.2, 0.25) is 0 Å². The lowest BCUT2D eigenvalue weighted by Crippen LogP contribution is -2.49. The third-order valence-electron chi connectivity index (χ3n) is 6.59. The van der Waals surface area contributed by atoms with E-state index in [4.69, 9.17) is 4.42 Å². The Morgan fingerprint density at radius 3 is 2.58 bits per heavy atom. The third-order valence-corrected chi connectivity index (χ3v) is 6.59. The molecule has 2 aromatic heterocycles. The molecule has 5 rings (SSSR count). The number of imidazole rings is 1.